The fraction of sp³-hybridized carbons (Fsp3) is 0.120. The van der Waals surface area contributed by atoms with E-state index in [2.05, 4.69) is 27.0 Å². The molecule has 0 saturated carbocycles. The number of nitrogens with zero attached hydrogens (tertiary/aromatic N) is 3. The molecule has 2 aliphatic rings. The van der Waals surface area contributed by atoms with Crippen LogP contribution >= 0.6 is 23.2 Å². The summed E-state index contributed by atoms with van der Waals surface area (Å²) in [5.41, 5.74) is 4.65. The molecule has 0 N–H and O–H groups in total. The number of hydrogen-bond acceptors (Lipinski definition) is 3. The minimum atomic E-state index is -0.924. The molecule has 2 heterocycles. The first kappa shape index (κ1) is 20.9. The number of benzene rings is 3. The van der Waals surface area contributed by atoms with Crippen LogP contribution in [-0.4, -0.2) is 23.0 Å². The van der Waals surface area contributed by atoms with Crippen molar-refractivity contribution in [3.63, 3.8) is 0 Å². The van der Waals surface area contributed by atoms with Gasteiger partial charge in [-0.1, -0.05) is 59.6 Å². The predicted octanol–water partition coefficient (Wildman–Crippen LogP) is 6.89. The van der Waals surface area contributed by atoms with Gasteiger partial charge in [0.05, 0.1) is 11.3 Å². The minimum absolute atomic E-state index is 0.0794. The molecule has 3 nitrogen and oxygen atoms in total. The lowest BCUT2D eigenvalue weighted by Gasteiger charge is -2.25. The Balaban J connectivity index is 1.33. The van der Waals surface area contributed by atoms with E-state index in [1.165, 1.54) is 12.1 Å². The van der Waals surface area contributed by atoms with E-state index in [1.807, 2.05) is 30.5 Å². The Bertz CT molecular complexity index is 1300. The Hall–Kier alpha value is -3.02. The number of rotatable bonds is 4. The molecule has 3 aromatic carbocycles. The van der Waals surface area contributed by atoms with E-state index in [1.54, 1.807) is 6.07 Å². The van der Waals surface area contributed by atoms with Gasteiger partial charge in [-0.05, 0) is 35.4 Å². The van der Waals surface area contributed by atoms with Crippen LogP contribution in [0.2, 0.25) is 10.0 Å². The highest BCUT2D eigenvalue weighted by molar-refractivity contribution is 6.36. The molecule has 5 rings (SSSR count). The van der Waals surface area contributed by atoms with Crippen LogP contribution in [-0.2, 0) is 6.54 Å². The fourth-order valence-corrected chi connectivity index (χ4v) is 4.35. The fourth-order valence-electron chi connectivity index (χ4n) is 3.83. The normalized spacial score (nSPS) is 15.2. The van der Waals surface area contributed by atoms with Crippen LogP contribution in [0.4, 0.5) is 8.78 Å². The van der Waals surface area contributed by atoms with Gasteiger partial charge in [0.2, 0.25) is 0 Å². The van der Waals surface area contributed by atoms with Crippen molar-refractivity contribution in [2.24, 2.45) is 9.98 Å². The number of allylic oxidation sites excluding steroid dienone is 1. The van der Waals surface area contributed by atoms with Gasteiger partial charge in [-0.2, -0.15) is 0 Å². The van der Waals surface area contributed by atoms with Crippen LogP contribution in [0.3, 0.4) is 0 Å². The number of halogens is 4. The summed E-state index contributed by atoms with van der Waals surface area (Å²) >= 11 is 12.3. The van der Waals surface area contributed by atoms with Gasteiger partial charge in [0.1, 0.15) is 5.70 Å². The van der Waals surface area contributed by atoms with E-state index < -0.39 is 11.6 Å². The van der Waals surface area contributed by atoms with Crippen LogP contribution in [0.5, 0.6) is 0 Å². The molecule has 7 heteroatoms. The second-order valence-electron chi connectivity index (χ2n) is 7.65. The van der Waals surface area contributed by atoms with Crippen molar-refractivity contribution in [3.05, 3.63) is 105 Å². The van der Waals surface area contributed by atoms with E-state index in [0.717, 1.165) is 35.0 Å². The molecule has 0 unspecified atom stereocenters. The van der Waals surface area contributed by atoms with E-state index in [9.17, 15) is 8.78 Å². The molecule has 0 spiro atoms. The van der Waals surface area contributed by atoms with Gasteiger partial charge < -0.3 is 4.90 Å². The first-order chi connectivity index (χ1) is 15.5. The lowest BCUT2D eigenvalue weighted by molar-refractivity contribution is 0.371. The van der Waals surface area contributed by atoms with Gasteiger partial charge in [-0.15, -0.1) is 0 Å². The summed E-state index contributed by atoms with van der Waals surface area (Å²) in [7, 11) is 0. The Morgan fingerprint density at radius 2 is 1.72 bits per heavy atom. The van der Waals surface area contributed by atoms with Crippen LogP contribution in [0.25, 0.3) is 11.1 Å². The second kappa shape index (κ2) is 8.49. The van der Waals surface area contributed by atoms with Crippen LogP contribution < -0.4 is 0 Å². The highest BCUT2D eigenvalue weighted by Crippen LogP contribution is 2.31. The molecular weight excluding hydrogens is 451 g/mol. The monoisotopic (exact) mass is 467 g/mol. The molecule has 0 amide bonds. The highest BCUT2D eigenvalue weighted by Gasteiger charge is 2.25. The van der Waals surface area contributed by atoms with E-state index in [4.69, 9.17) is 23.2 Å². The third kappa shape index (κ3) is 4.06. The van der Waals surface area contributed by atoms with Crippen molar-refractivity contribution in [2.75, 3.05) is 6.54 Å². The molecule has 0 radical (unpaired) electrons. The zero-order valence-electron chi connectivity index (χ0n) is 16.8. The lowest BCUT2D eigenvalue weighted by Crippen LogP contribution is -2.26. The van der Waals surface area contributed by atoms with Crippen molar-refractivity contribution in [3.8, 4) is 11.1 Å². The van der Waals surface area contributed by atoms with Crippen LogP contribution in [0, 0.1) is 11.6 Å². The number of aliphatic imine (C=N–C) groups is 2. The predicted molar refractivity (Wildman–Crippen MR) is 125 cm³/mol. The standard InChI is InChI=1S/C25H17Cl2F2N3/c26-17-8-9-18(20(27)12-17)16-6-4-15(5-7-16)13-32-11-10-22-23(14-32)31-25(30-22)19-2-1-3-21(28)24(19)29/h1-9,12,14H,10-11,13H2. The number of fused-ring (bicyclic) bond motifs is 1. The Morgan fingerprint density at radius 3 is 2.50 bits per heavy atom. The van der Waals surface area contributed by atoms with Crippen molar-refractivity contribution < 1.29 is 8.78 Å². The van der Waals surface area contributed by atoms with E-state index >= 15 is 0 Å². The van der Waals surface area contributed by atoms with Gasteiger partial charge >= 0.3 is 0 Å². The SMILES string of the molecule is Fc1cccc(C2=NC3=CN(Cc4ccc(-c5ccc(Cl)cc5Cl)cc4)CCC3=N2)c1F. The maximum atomic E-state index is 14.1. The van der Waals surface area contributed by atoms with Crippen LogP contribution in [0.15, 0.2) is 82.5 Å². The number of hydrogen-bond donors (Lipinski definition) is 0. The van der Waals surface area contributed by atoms with E-state index in [-0.39, 0.29) is 11.4 Å². The summed E-state index contributed by atoms with van der Waals surface area (Å²) in [5.74, 6) is -1.61. The molecule has 160 valence electrons. The minimum Gasteiger partial charge on any atom is -0.371 e. The molecule has 0 aromatic heterocycles. The summed E-state index contributed by atoms with van der Waals surface area (Å²) in [6.45, 7) is 1.46. The lowest BCUT2D eigenvalue weighted by atomic mass is 10.0. The zero-order valence-corrected chi connectivity index (χ0v) is 18.3. The second-order valence-corrected chi connectivity index (χ2v) is 8.49. The van der Waals surface area contributed by atoms with Gasteiger partial charge in [0, 0.05) is 41.3 Å². The van der Waals surface area contributed by atoms with Crippen LogP contribution in [0.1, 0.15) is 17.5 Å². The van der Waals surface area contributed by atoms with Gasteiger partial charge in [-0.3, -0.25) is 0 Å². The van der Waals surface area contributed by atoms with E-state index in [0.29, 0.717) is 28.7 Å². The quantitative estimate of drug-likeness (QED) is 0.410. The largest absolute Gasteiger partial charge is 0.371 e. The molecule has 0 saturated heterocycles. The Morgan fingerprint density at radius 1 is 0.906 bits per heavy atom. The first-order valence-corrected chi connectivity index (χ1v) is 10.8. The molecule has 3 aromatic rings. The summed E-state index contributed by atoms with van der Waals surface area (Å²) in [4.78, 5) is 11.0. The van der Waals surface area contributed by atoms with Crippen molar-refractivity contribution in [2.45, 2.75) is 13.0 Å². The molecule has 0 fully saturated rings. The number of amidine groups is 1. The van der Waals surface area contributed by atoms with Gasteiger partial charge in [0.25, 0.3) is 0 Å². The highest BCUT2D eigenvalue weighted by atomic mass is 35.5. The van der Waals surface area contributed by atoms with Crippen molar-refractivity contribution >= 4 is 34.7 Å². The molecule has 32 heavy (non-hydrogen) atoms. The van der Waals surface area contributed by atoms with Crippen molar-refractivity contribution in [1.82, 2.24) is 4.90 Å². The maximum absolute atomic E-state index is 14.1. The summed E-state index contributed by atoms with van der Waals surface area (Å²) in [6, 6.07) is 17.7. The summed E-state index contributed by atoms with van der Waals surface area (Å²) < 4.78 is 27.7. The first-order valence-electron chi connectivity index (χ1n) is 10.1. The summed E-state index contributed by atoms with van der Waals surface area (Å²) in [5, 5.41) is 1.22. The molecule has 0 bridgehead atoms. The Labute approximate surface area is 194 Å². The third-order valence-electron chi connectivity index (χ3n) is 5.48. The van der Waals surface area contributed by atoms with Gasteiger partial charge in [0.15, 0.2) is 17.5 Å². The maximum Gasteiger partial charge on any atom is 0.169 e. The smallest absolute Gasteiger partial charge is 0.169 e. The molecule has 0 atom stereocenters. The third-order valence-corrected chi connectivity index (χ3v) is 6.03. The topological polar surface area (TPSA) is 28.0 Å². The zero-order chi connectivity index (χ0) is 22.2. The van der Waals surface area contributed by atoms with Crippen molar-refractivity contribution in [1.29, 1.82) is 0 Å². The molecule has 0 aliphatic carbocycles. The average molecular weight is 468 g/mol. The summed E-state index contributed by atoms with van der Waals surface area (Å²) in [6.07, 6.45) is 2.62. The molecule has 2 aliphatic heterocycles. The Kier molecular flexibility index (Phi) is 5.53. The van der Waals surface area contributed by atoms with Gasteiger partial charge in [-0.25, -0.2) is 18.8 Å². The molecular formula is C25H17Cl2F2N3. The average Bonchev–Trinajstić information content (AvgIpc) is 3.19.